The van der Waals surface area contributed by atoms with Gasteiger partial charge in [-0.05, 0) is 50.6 Å². The minimum atomic E-state index is -0.712. The van der Waals surface area contributed by atoms with Crippen LogP contribution in [0.1, 0.15) is 54.4 Å². The van der Waals surface area contributed by atoms with Gasteiger partial charge in [-0.1, -0.05) is 0 Å². The number of anilines is 1. The molecule has 1 N–H and O–H groups in total. The molecule has 2 heterocycles. The Bertz CT molecular complexity index is 1290. The van der Waals surface area contributed by atoms with Crippen molar-refractivity contribution in [3.8, 4) is 5.75 Å². The number of nitrogens with one attached hydrogen (secondary N) is 1. The number of nitrogens with zero attached hydrogens (tertiary/aromatic N) is 1. The molecule has 0 aliphatic rings. The van der Waals surface area contributed by atoms with Crippen LogP contribution in [0.15, 0.2) is 34.7 Å². The summed E-state index contributed by atoms with van der Waals surface area (Å²) in [6.07, 6.45) is 0. The number of nitro benzene ring substituents is 1. The normalized spacial score (nSPS) is 10.5. The molecule has 0 spiro atoms. The predicted molar refractivity (Wildman–Crippen MR) is 125 cm³/mol. The highest BCUT2D eigenvalue weighted by atomic mass is 32.1. The van der Waals surface area contributed by atoms with Gasteiger partial charge in [-0.2, -0.15) is 0 Å². The summed E-state index contributed by atoms with van der Waals surface area (Å²) in [6.45, 7) is 4.95. The van der Waals surface area contributed by atoms with Crippen LogP contribution in [0.25, 0.3) is 0 Å². The van der Waals surface area contributed by atoms with Crippen molar-refractivity contribution in [1.82, 2.24) is 0 Å². The fraction of sp³-hybridized carbons (Fsp3) is 0.261. The highest BCUT2D eigenvalue weighted by Crippen LogP contribution is 2.34. The summed E-state index contributed by atoms with van der Waals surface area (Å²) in [5, 5.41) is 13.6. The van der Waals surface area contributed by atoms with Crippen LogP contribution >= 0.6 is 11.3 Å². The fourth-order valence-electron chi connectivity index (χ4n) is 3.16. The van der Waals surface area contributed by atoms with Crippen molar-refractivity contribution in [3.05, 3.63) is 73.5 Å². The van der Waals surface area contributed by atoms with Crippen molar-refractivity contribution in [2.24, 2.45) is 0 Å². The standard InChI is InChI=1S/C23H22N2O9S/c1-5-32-23(28)19-13(3)18(22(27)31-4)21(35-19)24-20(26)17-9-7-15(34-17)11-33-14-6-8-16(25(29)30)12(2)10-14/h6-10H,5,11H2,1-4H3,(H,24,26). The first kappa shape index (κ1) is 25.4. The second kappa shape index (κ2) is 10.8. The molecule has 0 saturated carbocycles. The zero-order valence-electron chi connectivity index (χ0n) is 19.3. The summed E-state index contributed by atoms with van der Waals surface area (Å²) < 4.78 is 20.9. The molecule has 0 unspecified atom stereocenters. The predicted octanol–water partition coefficient (Wildman–Crippen LogP) is 4.66. The first-order chi connectivity index (χ1) is 16.7. The number of thiophene rings is 1. The maximum atomic E-state index is 12.8. The van der Waals surface area contributed by atoms with Crippen molar-refractivity contribution in [2.45, 2.75) is 27.4 Å². The quantitative estimate of drug-likeness (QED) is 0.250. The molecule has 184 valence electrons. The molecule has 3 rings (SSSR count). The lowest BCUT2D eigenvalue weighted by molar-refractivity contribution is -0.385. The highest BCUT2D eigenvalue weighted by molar-refractivity contribution is 7.18. The highest BCUT2D eigenvalue weighted by Gasteiger charge is 2.27. The number of carbonyl (C=O) groups is 3. The summed E-state index contributed by atoms with van der Waals surface area (Å²) >= 11 is 0.898. The molecule has 0 atom stereocenters. The van der Waals surface area contributed by atoms with Gasteiger partial charge in [0.05, 0.1) is 24.2 Å². The van der Waals surface area contributed by atoms with Gasteiger partial charge in [0.2, 0.25) is 0 Å². The molecule has 0 aliphatic carbocycles. The van der Waals surface area contributed by atoms with Gasteiger partial charge in [0.1, 0.15) is 28.0 Å². The molecule has 1 aromatic carbocycles. The Kier molecular flexibility index (Phi) is 7.87. The molecule has 1 amide bonds. The van der Waals surface area contributed by atoms with E-state index in [1.807, 2.05) is 0 Å². The zero-order valence-corrected chi connectivity index (χ0v) is 20.1. The van der Waals surface area contributed by atoms with Crippen molar-refractivity contribution in [1.29, 1.82) is 0 Å². The third-order valence-corrected chi connectivity index (χ3v) is 6.04. The summed E-state index contributed by atoms with van der Waals surface area (Å²) in [5.41, 5.74) is 0.817. The Morgan fingerprint density at radius 2 is 1.89 bits per heavy atom. The van der Waals surface area contributed by atoms with E-state index in [4.69, 9.17) is 18.6 Å². The summed E-state index contributed by atoms with van der Waals surface area (Å²) in [5.74, 6) is -1.30. The van der Waals surface area contributed by atoms with Crippen LogP contribution in [0.2, 0.25) is 0 Å². The van der Waals surface area contributed by atoms with E-state index in [2.05, 4.69) is 5.32 Å². The molecule has 0 radical (unpaired) electrons. The first-order valence-corrected chi connectivity index (χ1v) is 11.1. The summed E-state index contributed by atoms with van der Waals surface area (Å²) in [4.78, 5) is 47.9. The van der Waals surface area contributed by atoms with Crippen LogP contribution in [0, 0.1) is 24.0 Å². The number of aryl methyl sites for hydroxylation is 1. The number of hydrogen-bond acceptors (Lipinski definition) is 10. The number of benzene rings is 1. The van der Waals surface area contributed by atoms with Gasteiger partial charge in [-0.25, -0.2) is 9.59 Å². The van der Waals surface area contributed by atoms with Gasteiger partial charge in [0.25, 0.3) is 11.6 Å². The van der Waals surface area contributed by atoms with E-state index in [0.717, 1.165) is 11.3 Å². The average molecular weight is 503 g/mol. The number of nitro groups is 1. The number of methoxy groups -OCH3 is 1. The lowest BCUT2D eigenvalue weighted by Crippen LogP contribution is -2.13. The number of ether oxygens (including phenoxy) is 3. The smallest absolute Gasteiger partial charge is 0.348 e. The van der Waals surface area contributed by atoms with Gasteiger partial charge >= 0.3 is 11.9 Å². The third kappa shape index (κ3) is 5.66. The fourth-order valence-corrected chi connectivity index (χ4v) is 4.24. The molecular formula is C23H22N2O9S. The number of amides is 1. The van der Waals surface area contributed by atoms with Gasteiger partial charge < -0.3 is 23.9 Å². The maximum Gasteiger partial charge on any atom is 0.348 e. The van der Waals surface area contributed by atoms with E-state index in [9.17, 15) is 24.5 Å². The molecule has 0 aliphatic heterocycles. The number of carbonyl (C=O) groups excluding carboxylic acids is 3. The number of esters is 2. The van der Waals surface area contributed by atoms with Crippen LogP contribution in [-0.2, 0) is 16.1 Å². The molecule has 0 fully saturated rings. The minimum absolute atomic E-state index is 0.0180. The summed E-state index contributed by atoms with van der Waals surface area (Å²) in [7, 11) is 1.19. The minimum Gasteiger partial charge on any atom is -0.486 e. The van der Waals surface area contributed by atoms with Gasteiger partial charge in [-0.3, -0.25) is 14.9 Å². The SMILES string of the molecule is CCOC(=O)c1sc(NC(=O)c2ccc(COc3ccc([N+](=O)[O-])c(C)c3)o2)c(C(=O)OC)c1C. The molecular weight excluding hydrogens is 480 g/mol. The molecule has 2 aromatic heterocycles. The van der Waals surface area contributed by atoms with E-state index in [1.54, 1.807) is 20.8 Å². The van der Waals surface area contributed by atoms with E-state index in [-0.39, 0.29) is 40.1 Å². The Balaban J connectivity index is 1.74. The Hall–Kier alpha value is -4.19. The number of rotatable bonds is 9. The van der Waals surface area contributed by atoms with Crippen molar-refractivity contribution in [3.63, 3.8) is 0 Å². The number of furan rings is 1. The Labute approximate surface area is 203 Å². The molecule has 0 saturated heterocycles. The zero-order chi connectivity index (χ0) is 25.7. The van der Waals surface area contributed by atoms with E-state index >= 15 is 0 Å². The van der Waals surface area contributed by atoms with E-state index in [1.165, 1.54) is 37.4 Å². The topological polar surface area (TPSA) is 147 Å². The van der Waals surface area contributed by atoms with Gasteiger partial charge in [-0.15, -0.1) is 11.3 Å². The molecule has 12 heteroatoms. The molecule has 11 nitrogen and oxygen atoms in total. The number of hydrogen-bond donors (Lipinski definition) is 1. The molecule has 3 aromatic rings. The van der Waals surface area contributed by atoms with E-state index in [0.29, 0.717) is 22.6 Å². The van der Waals surface area contributed by atoms with Gasteiger partial charge in [0, 0.05) is 11.6 Å². The van der Waals surface area contributed by atoms with Crippen LogP contribution in [0.3, 0.4) is 0 Å². The second-order valence-electron chi connectivity index (χ2n) is 7.19. The largest absolute Gasteiger partial charge is 0.486 e. The average Bonchev–Trinajstić information content (AvgIpc) is 3.42. The maximum absolute atomic E-state index is 12.8. The van der Waals surface area contributed by atoms with Crippen molar-refractivity contribution < 1.29 is 37.9 Å². The Morgan fingerprint density at radius 1 is 1.14 bits per heavy atom. The summed E-state index contributed by atoms with van der Waals surface area (Å²) in [6, 6.07) is 7.31. The second-order valence-corrected chi connectivity index (χ2v) is 8.21. The first-order valence-electron chi connectivity index (χ1n) is 10.3. The van der Waals surface area contributed by atoms with Crippen molar-refractivity contribution >= 4 is 39.9 Å². The Morgan fingerprint density at radius 3 is 2.51 bits per heavy atom. The van der Waals surface area contributed by atoms with Crippen LogP contribution in [0.5, 0.6) is 5.75 Å². The van der Waals surface area contributed by atoms with Gasteiger partial charge in [0.15, 0.2) is 5.76 Å². The monoisotopic (exact) mass is 502 g/mol. The lowest BCUT2D eigenvalue weighted by Gasteiger charge is -2.06. The third-order valence-electron chi connectivity index (χ3n) is 4.86. The van der Waals surface area contributed by atoms with Crippen LogP contribution < -0.4 is 10.1 Å². The van der Waals surface area contributed by atoms with Crippen LogP contribution in [0.4, 0.5) is 10.7 Å². The molecule has 0 bridgehead atoms. The van der Waals surface area contributed by atoms with E-state index < -0.39 is 22.8 Å². The van der Waals surface area contributed by atoms with Crippen LogP contribution in [-0.4, -0.2) is 36.5 Å². The molecule has 35 heavy (non-hydrogen) atoms. The lowest BCUT2D eigenvalue weighted by atomic mass is 10.1. The van der Waals surface area contributed by atoms with Crippen molar-refractivity contribution in [2.75, 3.05) is 19.0 Å².